The molecule has 2 heterocycles. The molecule has 1 aromatic heterocycles. The Morgan fingerprint density at radius 3 is 2.29 bits per heavy atom. The second kappa shape index (κ2) is 11.3. The van der Waals surface area contributed by atoms with Crippen molar-refractivity contribution in [2.45, 2.75) is 59.9 Å². The van der Waals surface area contributed by atoms with Crippen LogP contribution in [0.3, 0.4) is 0 Å². The van der Waals surface area contributed by atoms with Crippen LogP contribution in [0.5, 0.6) is 0 Å². The first kappa shape index (κ1) is 25.8. The Morgan fingerprint density at radius 2 is 1.61 bits per heavy atom. The summed E-state index contributed by atoms with van der Waals surface area (Å²) in [6.45, 7) is 11.9. The van der Waals surface area contributed by atoms with Crippen LogP contribution in [0.1, 0.15) is 63.4 Å². The summed E-state index contributed by atoms with van der Waals surface area (Å²) in [5.74, 6) is 1.52. The van der Waals surface area contributed by atoms with Gasteiger partial charge in [0.1, 0.15) is 5.84 Å². The summed E-state index contributed by atoms with van der Waals surface area (Å²) < 4.78 is 0. The molecule has 0 bridgehead atoms. The number of amidine groups is 1. The zero-order valence-electron chi connectivity index (χ0n) is 23.3. The number of para-hydroxylation sites is 3. The maximum Gasteiger partial charge on any atom is 0.138 e. The van der Waals surface area contributed by atoms with Crippen molar-refractivity contribution in [3.05, 3.63) is 101 Å². The van der Waals surface area contributed by atoms with Gasteiger partial charge in [0.05, 0.1) is 28.7 Å². The largest absolute Gasteiger partial charge is 0.324 e. The van der Waals surface area contributed by atoms with E-state index in [4.69, 9.17) is 15.0 Å². The summed E-state index contributed by atoms with van der Waals surface area (Å²) in [6, 6.07) is 28.1. The third kappa shape index (κ3) is 5.00. The van der Waals surface area contributed by atoms with E-state index in [1.807, 2.05) is 0 Å². The van der Waals surface area contributed by atoms with Crippen LogP contribution < -0.4 is 4.90 Å². The van der Waals surface area contributed by atoms with Crippen molar-refractivity contribution in [3.63, 3.8) is 0 Å². The number of aliphatic imine (C=N–C) groups is 2. The molecule has 1 unspecified atom stereocenters. The highest BCUT2D eigenvalue weighted by Crippen LogP contribution is 2.31. The lowest BCUT2D eigenvalue weighted by atomic mass is 10.0. The van der Waals surface area contributed by atoms with E-state index < -0.39 is 0 Å². The minimum Gasteiger partial charge on any atom is -0.324 e. The summed E-state index contributed by atoms with van der Waals surface area (Å²) >= 11 is 0. The fraction of sp³-hybridized carbons (Fsp3) is 0.324. The average molecular weight is 503 g/mol. The van der Waals surface area contributed by atoms with Crippen molar-refractivity contribution in [2.75, 3.05) is 11.4 Å². The van der Waals surface area contributed by atoms with Crippen LogP contribution in [0.4, 0.5) is 11.4 Å². The molecule has 38 heavy (non-hydrogen) atoms. The van der Waals surface area contributed by atoms with E-state index in [0.29, 0.717) is 5.92 Å². The lowest BCUT2D eigenvalue weighted by Crippen LogP contribution is -2.31. The van der Waals surface area contributed by atoms with Crippen LogP contribution >= 0.6 is 0 Å². The first-order valence-electron chi connectivity index (χ1n) is 14.0. The number of hydrogen-bond donors (Lipinski definition) is 0. The van der Waals surface area contributed by atoms with Gasteiger partial charge in [0.25, 0.3) is 0 Å². The SMILES string of the molecule is CCc1cccc(CC)c1N=C(C)c1ccc2cccc(C3=N[C@@H](C(C)CC)CN3c3ccccc3)c2n1. The Bertz CT molecular complexity index is 1460. The van der Waals surface area contributed by atoms with Gasteiger partial charge in [0, 0.05) is 23.2 Å². The number of aromatic nitrogens is 1. The number of rotatable bonds is 8. The highest BCUT2D eigenvalue weighted by Gasteiger charge is 2.31. The second-order valence-corrected chi connectivity index (χ2v) is 10.3. The molecule has 4 nitrogen and oxygen atoms in total. The Labute approximate surface area is 227 Å². The van der Waals surface area contributed by atoms with Crippen LogP contribution in [0.15, 0.2) is 88.8 Å². The Morgan fingerprint density at radius 1 is 0.895 bits per heavy atom. The standard InChI is InChI=1S/C34H38N4/c1-6-23(4)31-22-38(28-17-10-9-11-18-28)34(37-31)29-19-13-16-27-20-21-30(36-33(27)29)24(5)35-32-25(7-2)14-12-15-26(32)8-3/h9-21,23,31H,6-8,22H2,1-5H3/t23?,31-/m1/s1. The maximum atomic E-state index is 5.30. The molecule has 4 aromatic rings. The molecule has 0 saturated carbocycles. The summed E-state index contributed by atoms with van der Waals surface area (Å²) in [5, 5.41) is 1.12. The predicted octanol–water partition coefficient (Wildman–Crippen LogP) is 8.18. The Kier molecular flexibility index (Phi) is 7.69. The molecule has 1 aliphatic heterocycles. The molecule has 3 aromatic carbocycles. The smallest absolute Gasteiger partial charge is 0.138 e. The zero-order chi connectivity index (χ0) is 26.6. The van der Waals surface area contributed by atoms with E-state index in [2.05, 4.69) is 118 Å². The minimum absolute atomic E-state index is 0.259. The van der Waals surface area contributed by atoms with Crippen molar-refractivity contribution in [1.29, 1.82) is 0 Å². The van der Waals surface area contributed by atoms with Crippen LogP contribution in [-0.4, -0.2) is 29.1 Å². The summed E-state index contributed by atoms with van der Waals surface area (Å²) in [5.41, 5.74) is 8.71. The topological polar surface area (TPSA) is 40.9 Å². The lowest BCUT2D eigenvalue weighted by molar-refractivity contribution is 0.465. The molecule has 0 radical (unpaired) electrons. The molecular formula is C34H38N4. The van der Waals surface area contributed by atoms with Crippen molar-refractivity contribution >= 4 is 33.8 Å². The Hall–Kier alpha value is -3.79. The molecule has 0 N–H and O–H groups in total. The van der Waals surface area contributed by atoms with Gasteiger partial charge in [-0.1, -0.05) is 88.7 Å². The molecule has 5 rings (SSSR count). The monoisotopic (exact) mass is 502 g/mol. The average Bonchev–Trinajstić information content (AvgIpc) is 3.42. The van der Waals surface area contributed by atoms with E-state index in [1.165, 1.54) is 16.8 Å². The van der Waals surface area contributed by atoms with E-state index in [1.54, 1.807) is 0 Å². The molecule has 194 valence electrons. The van der Waals surface area contributed by atoms with E-state index in [-0.39, 0.29) is 6.04 Å². The summed E-state index contributed by atoms with van der Waals surface area (Å²) in [7, 11) is 0. The first-order valence-corrected chi connectivity index (χ1v) is 14.0. The van der Waals surface area contributed by atoms with E-state index in [0.717, 1.165) is 65.2 Å². The van der Waals surface area contributed by atoms with Gasteiger partial charge in [-0.3, -0.25) is 9.98 Å². The number of pyridine rings is 1. The fourth-order valence-corrected chi connectivity index (χ4v) is 5.28. The molecule has 0 aliphatic carbocycles. The highest BCUT2D eigenvalue weighted by molar-refractivity contribution is 6.17. The van der Waals surface area contributed by atoms with Crippen LogP contribution in [0, 0.1) is 5.92 Å². The molecule has 2 atom stereocenters. The predicted molar refractivity (Wildman–Crippen MR) is 162 cm³/mol. The molecule has 4 heteroatoms. The molecule has 0 spiro atoms. The third-order valence-electron chi connectivity index (χ3n) is 7.86. The van der Waals surface area contributed by atoms with Crippen molar-refractivity contribution in [1.82, 2.24) is 4.98 Å². The summed E-state index contributed by atoms with van der Waals surface area (Å²) in [4.78, 5) is 18.0. The summed E-state index contributed by atoms with van der Waals surface area (Å²) in [6.07, 6.45) is 3.03. The van der Waals surface area contributed by atoms with Gasteiger partial charge < -0.3 is 4.90 Å². The van der Waals surface area contributed by atoms with Crippen molar-refractivity contribution < 1.29 is 0 Å². The van der Waals surface area contributed by atoms with Crippen molar-refractivity contribution in [3.8, 4) is 0 Å². The van der Waals surface area contributed by atoms with Gasteiger partial charge in [-0.2, -0.15) is 0 Å². The lowest BCUT2D eigenvalue weighted by Gasteiger charge is -2.23. The van der Waals surface area contributed by atoms with Gasteiger partial charge in [0.2, 0.25) is 0 Å². The van der Waals surface area contributed by atoms with Gasteiger partial charge in [-0.15, -0.1) is 0 Å². The molecule has 0 amide bonds. The van der Waals surface area contributed by atoms with Gasteiger partial charge in [-0.05, 0) is 61.1 Å². The van der Waals surface area contributed by atoms with Crippen LogP contribution in [0.25, 0.3) is 10.9 Å². The zero-order valence-corrected chi connectivity index (χ0v) is 23.3. The first-order chi connectivity index (χ1) is 18.5. The molecule has 0 saturated heterocycles. The minimum atomic E-state index is 0.259. The second-order valence-electron chi connectivity index (χ2n) is 10.3. The van der Waals surface area contributed by atoms with E-state index in [9.17, 15) is 0 Å². The van der Waals surface area contributed by atoms with Gasteiger partial charge in [-0.25, -0.2) is 4.98 Å². The van der Waals surface area contributed by atoms with Gasteiger partial charge in [0.15, 0.2) is 0 Å². The maximum absolute atomic E-state index is 5.30. The number of nitrogens with zero attached hydrogens (tertiary/aromatic N) is 4. The third-order valence-corrected chi connectivity index (χ3v) is 7.86. The number of anilines is 1. The normalized spacial score (nSPS) is 16.7. The van der Waals surface area contributed by atoms with E-state index >= 15 is 0 Å². The number of aryl methyl sites for hydroxylation is 2. The molecular weight excluding hydrogens is 464 g/mol. The van der Waals surface area contributed by atoms with Gasteiger partial charge >= 0.3 is 0 Å². The number of fused-ring (bicyclic) bond motifs is 1. The molecule has 1 aliphatic rings. The number of benzene rings is 3. The highest BCUT2D eigenvalue weighted by atomic mass is 15.3. The number of hydrogen-bond acceptors (Lipinski definition) is 4. The quantitative estimate of drug-likeness (QED) is 0.228. The van der Waals surface area contributed by atoms with Crippen molar-refractivity contribution in [2.24, 2.45) is 15.9 Å². The molecule has 0 fully saturated rings. The van der Waals surface area contributed by atoms with Crippen LogP contribution in [-0.2, 0) is 12.8 Å². The van der Waals surface area contributed by atoms with Crippen LogP contribution in [0.2, 0.25) is 0 Å². The fourth-order valence-electron chi connectivity index (χ4n) is 5.28. The Balaban J connectivity index is 1.62.